The van der Waals surface area contributed by atoms with E-state index in [1.165, 1.54) is 0 Å². The minimum absolute atomic E-state index is 0.287. The number of thioether (sulfide) groups is 1. The number of aromatic nitrogens is 1. The molecule has 0 unspecified atom stereocenters. The lowest BCUT2D eigenvalue weighted by molar-refractivity contribution is -0.122. The lowest BCUT2D eigenvalue weighted by Crippen LogP contribution is -2.51. The van der Waals surface area contributed by atoms with E-state index in [1.807, 2.05) is 42.7 Å². The van der Waals surface area contributed by atoms with Crippen LogP contribution in [0.5, 0.6) is 0 Å². The molecule has 1 aliphatic rings. The molecular formula is C25H23N3O3S. The van der Waals surface area contributed by atoms with Crippen LogP contribution >= 0.6 is 11.8 Å². The van der Waals surface area contributed by atoms with Gasteiger partial charge in [0.15, 0.2) is 0 Å². The number of benzene rings is 2. The molecule has 0 N–H and O–H groups in total. The molecule has 1 aromatic heterocycles. The van der Waals surface area contributed by atoms with Gasteiger partial charge in [-0.2, -0.15) is 11.8 Å². The number of rotatable bonds is 8. The van der Waals surface area contributed by atoms with E-state index in [-0.39, 0.29) is 12.5 Å². The van der Waals surface area contributed by atoms with Crippen LogP contribution in [0.3, 0.4) is 0 Å². The zero-order valence-electron chi connectivity index (χ0n) is 17.7. The first kappa shape index (κ1) is 21.8. The Morgan fingerprint density at radius 1 is 0.938 bits per heavy atom. The molecule has 0 saturated heterocycles. The third kappa shape index (κ3) is 4.29. The Labute approximate surface area is 191 Å². The monoisotopic (exact) mass is 445 g/mol. The van der Waals surface area contributed by atoms with Gasteiger partial charge in [0.1, 0.15) is 11.9 Å². The fourth-order valence-electron chi connectivity index (χ4n) is 3.81. The van der Waals surface area contributed by atoms with Crippen molar-refractivity contribution < 1.29 is 14.4 Å². The number of carbonyl (C=O) groups excluding carboxylic acids is 3. The number of imide groups is 1. The summed E-state index contributed by atoms with van der Waals surface area (Å²) in [6.07, 6.45) is 3.92. The third-order valence-electron chi connectivity index (χ3n) is 5.39. The van der Waals surface area contributed by atoms with Gasteiger partial charge in [-0.1, -0.05) is 48.5 Å². The first-order valence-electron chi connectivity index (χ1n) is 10.3. The van der Waals surface area contributed by atoms with E-state index in [2.05, 4.69) is 4.98 Å². The Morgan fingerprint density at radius 3 is 2.16 bits per heavy atom. The predicted molar refractivity (Wildman–Crippen MR) is 126 cm³/mol. The topological polar surface area (TPSA) is 70.6 Å². The summed E-state index contributed by atoms with van der Waals surface area (Å²) in [5, 5.41) is 0. The van der Waals surface area contributed by atoms with Gasteiger partial charge in [0.2, 0.25) is 0 Å². The molecule has 162 valence electrons. The number of fused-ring (bicyclic) bond motifs is 1. The fourth-order valence-corrected chi connectivity index (χ4v) is 4.27. The number of hydrogen-bond acceptors (Lipinski definition) is 5. The normalized spacial score (nSPS) is 13.7. The third-order valence-corrected chi connectivity index (χ3v) is 6.04. The highest BCUT2D eigenvalue weighted by Gasteiger charge is 2.43. The van der Waals surface area contributed by atoms with E-state index in [0.29, 0.717) is 29.1 Å². The molecule has 2 aromatic carbocycles. The summed E-state index contributed by atoms with van der Waals surface area (Å²) in [4.78, 5) is 47.3. The van der Waals surface area contributed by atoms with Gasteiger partial charge >= 0.3 is 0 Å². The summed E-state index contributed by atoms with van der Waals surface area (Å²) in [5.41, 5.74) is 1.61. The highest BCUT2D eigenvalue weighted by molar-refractivity contribution is 7.98. The summed E-state index contributed by atoms with van der Waals surface area (Å²) in [6.45, 7) is 0.287. The van der Waals surface area contributed by atoms with Gasteiger partial charge in [-0.15, -0.1) is 0 Å². The van der Waals surface area contributed by atoms with E-state index in [4.69, 9.17) is 0 Å². The summed E-state index contributed by atoms with van der Waals surface area (Å²) >= 11 is 1.57. The lowest BCUT2D eigenvalue weighted by Gasteiger charge is -2.31. The SMILES string of the molecule is CSCC[C@H](C(=O)N(Cc1ccccc1)c1ccccn1)N1C(=O)c2ccccc2C1=O. The van der Waals surface area contributed by atoms with Crippen molar-refractivity contribution in [3.63, 3.8) is 0 Å². The molecule has 0 bridgehead atoms. The molecule has 0 saturated carbocycles. The molecule has 0 spiro atoms. The van der Waals surface area contributed by atoms with E-state index < -0.39 is 17.9 Å². The van der Waals surface area contributed by atoms with Crippen molar-refractivity contribution in [2.75, 3.05) is 16.9 Å². The van der Waals surface area contributed by atoms with E-state index in [9.17, 15) is 14.4 Å². The molecule has 0 aliphatic carbocycles. The molecule has 2 heterocycles. The van der Waals surface area contributed by atoms with Crippen molar-refractivity contribution in [1.29, 1.82) is 0 Å². The number of hydrogen-bond donors (Lipinski definition) is 0. The average Bonchev–Trinajstić information content (AvgIpc) is 3.09. The van der Waals surface area contributed by atoms with E-state index in [0.717, 1.165) is 10.5 Å². The van der Waals surface area contributed by atoms with Gasteiger partial charge in [0.05, 0.1) is 17.7 Å². The maximum Gasteiger partial charge on any atom is 0.262 e. The van der Waals surface area contributed by atoms with Crippen LogP contribution in [0.1, 0.15) is 32.7 Å². The number of nitrogens with zero attached hydrogens (tertiary/aromatic N) is 3. The van der Waals surface area contributed by atoms with Gasteiger partial charge in [-0.3, -0.25) is 24.2 Å². The Kier molecular flexibility index (Phi) is 6.66. The number of carbonyl (C=O) groups is 3. The first-order chi connectivity index (χ1) is 15.6. The van der Waals surface area contributed by atoms with Crippen LogP contribution in [0.2, 0.25) is 0 Å². The minimum Gasteiger partial charge on any atom is -0.291 e. The number of pyridine rings is 1. The van der Waals surface area contributed by atoms with Crippen LogP contribution < -0.4 is 4.90 Å². The Morgan fingerprint density at radius 2 is 1.56 bits per heavy atom. The molecule has 4 rings (SSSR count). The zero-order chi connectivity index (χ0) is 22.5. The second-order valence-electron chi connectivity index (χ2n) is 7.42. The van der Waals surface area contributed by atoms with E-state index in [1.54, 1.807) is 59.3 Å². The van der Waals surface area contributed by atoms with Crippen LogP contribution in [0.15, 0.2) is 79.0 Å². The smallest absolute Gasteiger partial charge is 0.262 e. The molecule has 1 aliphatic heterocycles. The standard InChI is InChI=1S/C25H23N3O3S/c1-32-16-14-21(28-23(29)19-11-5-6-12-20(19)24(28)30)25(31)27(22-13-7-8-15-26-22)17-18-9-3-2-4-10-18/h2-13,15,21H,14,16-17H2,1H3/t21-/m1/s1. The maximum atomic E-state index is 13.9. The van der Waals surface area contributed by atoms with Crippen molar-refractivity contribution in [3.05, 3.63) is 95.7 Å². The molecule has 7 heteroatoms. The van der Waals surface area contributed by atoms with Crippen LogP contribution in [-0.2, 0) is 11.3 Å². The summed E-state index contributed by atoms with van der Waals surface area (Å²) < 4.78 is 0. The van der Waals surface area contributed by atoms with E-state index >= 15 is 0 Å². The maximum absolute atomic E-state index is 13.9. The largest absolute Gasteiger partial charge is 0.291 e. The highest BCUT2D eigenvalue weighted by atomic mass is 32.2. The van der Waals surface area contributed by atoms with Crippen molar-refractivity contribution >= 4 is 35.3 Å². The second kappa shape index (κ2) is 9.78. The van der Waals surface area contributed by atoms with Crippen molar-refractivity contribution in [3.8, 4) is 0 Å². The Hall–Kier alpha value is -3.45. The Bertz CT molecular complexity index is 1090. The molecule has 3 amide bonds. The molecular weight excluding hydrogens is 422 g/mol. The van der Waals surface area contributed by atoms with Crippen molar-refractivity contribution in [2.45, 2.75) is 19.0 Å². The quantitative estimate of drug-likeness (QED) is 0.490. The van der Waals surface area contributed by atoms with Crippen molar-refractivity contribution in [1.82, 2.24) is 9.88 Å². The van der Waals surface area contributed by atoms with Gasteiger partial charge in [-0.05, 0) is 48.3 Å². The predicted octanol–water partition coefficient (Wildman–Crippen LogP) is 4.03. The minimum atomic E-state index is -0.916. The van der Waals surface area contributed by atoms with Crippen LogP contribution in [0, 0.1) is 0 Å². The molecule has 32 heavy (non-hydrogen) atoms. The number of amides is 3. The fraction of sp³-hybridized carbons (Fsp3) is 0.200. The summed E-state index contributed by atoms with van der Waals surface area (Å²) in [7, 11) is 0. The molecule has 1 atom stereocenters. The van der Waals surface area contributed by atoms with Crippen molar-refractivity contribution in [2.24, 2.45) is 0 Å². The lowest BCUT2D eigenvalue weighted by atomic mass is 10.1. The molecule has 3 aromatic rings. The number of anilines is 1. The van der Waals surface area contributed by atoms with Crippen LogP contribution in [0.4, 0.5) is 5.82 Å². The Balaban J connectivity index is 1.72. The summed E-state index contributed by atoms with van der Waals surface area (Å²) in [6, 6.07) is 20.7. The average molecular weight is 446 g/mol. The van der Waals surface area contributed by atoms with Crippen LogP contribution in [-0.4, -0.2) is 45.7 Å². The van der Waals surface area contributed by atoms with Gasteiger partial charge < -0.3 is 0 Å². The van der Waals surface area contributed by atoms with Crippen LogP contribution in [0.25, 0.3) is 0 Å². The first-order valence-corrected chi connectivity index (χ1v) is 11.7. The zero-order valence-corrected chi connectivity index (χ0v) is 18.5. The van der Waals surface area contributed by atoms with Gasteiger partial charge in [0, 0.05) is 6.20 Å². The molecule has 0 fully saturated rings. The second-order valence-corrected chi connectivity index (χ2v) is 8.41. The molecule has 6 nitrogen and oxygen atoms in total. The molecule has 0 radical (unpaired) electrons. The van der Waals surface area contributed by atoms with Gasteiger partial charge in [-0.25, -0.2) is 4.98 Å². The highest BCUT2D eigenvalue weighted by Crippen LogP contribution is 2.28. The summed E-state index contributed by atoms with van der Waals surface area (Å²) in [5.74, 6) is -0.0646. The van der Waals surface area contributed by atoms with Gasteiger partial charge in [0.25, 0.3) is 17.7 Å².